The molecule has 0 saturated carbocycles. The van der Waals surface area contributed by atoms with E-state index in [-0.39, 0.29) is 24.2 Å². The second kappa shape index (κ2) is 7.13. The van der Waals surface area contributed by atoms with Gasteiger partial charge in [0.1, 0.15) is 11.6 Å². The summed E-state index contributed by atoms with van der Waals surface area (Å²) >= 11 is 0. The smallest absolute Gasteiger partial charge is 0.345 e. The Morgan fingerprint density at radius 3 is 2.96 bits per heavy atom. The normalized spacial score (nSPS) is 16.8. The highest BCUT2D eigenvalue weighted by Crippen LogP contribution is 2.20. The Balaban J connectivity index is 1.54. The van der Waals surface area contributed by atoms with Crippen molar-refractivity contribution in [3.8, 4) is 5.75 Å². The molecule has 0 fully saturated rings. The highest BCUT2D eigenvalue weighted by molar-refractivity contribution is 5.77. The van der Waals surface area contributed by atoms with Crippen LogP contribution in [0.3, 0.4) is 0 Å². The number of nitrogens with zero attached hydrogens (tertiary/aromatic N) is 3. The minimum absolute atomic E-state index is 0.00682. The molecule has 2 aromatic rings. The highest BCUT2D eigenvalue weighted by Gasteiger charge is 2.21. The molecule has 1 amide bonds. The summed E-state index contributed by atoms with van der Waals surface area (Å²) in [5, 5.41) is 7.26. The first kappa shape index (κ1) is 17.3. The molecule has 1 unspecified atom stereocenters. The molecule has 1 atom stereocenters. The van der Waals surface area contributed by atoms with Crippen molar-refractivity contribution >= 4 is 5.91 Å². The van der Waals surface area contributed by atoms with Gasteiger partial charge in [-0.2, -0.15) is 5.10 Å². The van der Waals surface area contributed by atoms with E-state index in [4.69, 9.17) is 4.74 Å². The quantitative estimate of drug-likeness (QED) is 0.901. The number of carbonyl (C=O) groups is 1. The van der Waals surface area contributed by atoms with Gasteiger partial charge in [0.15, 0.2) is 6.61 Å². The average Bonchev–Trinajstić information content (AvgIpc) is 2.73. The number of aryl methyl sites for hydroxylation is 3. The van der Waals surface area contributed by atoms with Crippen LogP contribution in [0.25, 0.3) is 0 Å². The van der Waals surface area contributed by atoms with Crippen molar-refractivity contribution in [3.05, 3.63) is 45.6 Å². The fourth-order valence-electron chi connectivity index (χ4n) is 3.13. The molecule has 1 N–H and O–H groups in total. The van der Waals surface area contributed by atoms with Crippen LogP contribution in [0, 0.1) is 13.8 Å². The summed E-state index contributed by atoms with van der Waals surface area (Å²) in [6.07, 6.45) is 2.17. The molecule has 3 rings (SSSR count). The van der Waals surface area contributed by atoms with Crippen LogP contribution in [0.1, 0.15) is 29.8 Å². The molecule has 0 saturated heterocycles. The number of nitrogens with one attached hydrogen (secondary N) is 1. The molecule has 2 heterocycles. The molecule has 25 heavy (non-hydrogen) atoms. The van der Waals surface area contributed by atoms with Crippen LogP contribution in [-0.2, 0) is 24.8 Å². The van der Waals surface area contributed by atoms with Gasteiger partial charge in [0.05, 0.1) is 0 Å². The van der Waals surface area contributed by atoms with Gasteiger partial charge in [0.25, 0.3) is 5.91 Å². The van der Waals surface area contributed by atoms with Crippen molar-refractivity contribution in [1.82, 2.24) is 19.7 Å². The number of rotatable bonds is 4. The molecular formula is C18H24N4O3. The summed E-state index contributed by atoms with van der Waals surface area (Å²) in [5.41, 5.74) is 2.09. The Morgan fingerprint density at radius 2 is 2.16 bits per heavy atom. The zero-order chi connectivity index (χ0) is 18.0. The van der Waals surface area contributed by atoms with Crippen molar-refractivity contribution in [2.45, 2.75) is 45.7 Å². The number of hydrogen-bond acceptors (Lipinski definition) is 4. The zero-order valence-electron chi connectivity index (χ0n) is 14.9. The summed E-state index contributed by atoms with van der Waals surface area (Å²) in [7, 11) is 1.66. The topological polar surface area (TPSA) is 78.2 Å². The Hall–Kier alpha value is -2.57. The van der Waals surface area contributed by atoms with Gasteiger partial charge in [-0.3, -0.25) is 9.36 Å². The van der Waals surface area contributed by atoms with E-state index < -0.39 is 0 Å². The number of ether oxygens (including phenoxy) is 1. The summed E-state index contributed by atoms with van der Waals surface area (Å²) in [5.74, 6) is 1.38. The molecule has 0 radical (unpaired) electrons. The van der Waals surface area contributed by atoms with Crippen molar-refractivity contribution in [2.75, 3.05) is 6.61 Å². The van der Waals surface area contributed by atoms with Gasteiger partial charge >= 0.3 is 5.69 Å². The van der Waals surface area contributed by atoms with Crippen LogP contribution in [0.2, 0.25) is 0 Å². The van der Waals surface area contributed by atoms with Gasteiger partial charge in [-0.1, -0.05) is 12.1 Å². The van der Waals surface area contributed by atoms with Crippen LogP contribution in [0.15, 0.2) is 23.0 Å². The van der Waals surface area contributed by atoms with E-state index in [0.29, 0.717) is 19.4 Å². The van der Waals surface area contributed by atoms with Gasteiger partial charge in [0, 0.05) is 26.1 Å². The van der Waals surface area contributed by atoms with E-state index in [0.717, 1.165) is 29.1 Å². The molecule has 0 bridgehead atoms. The van der Waals surface area contributed by atoms with E-state index in [2.05, 4.69) is 10.4 Å². The zero-order valence-corrected chi connectivity index (χ0v) is 14.9. The first-order chi connectivity index (χ1) is 12.0. The summed E-state index contributed by atoms with van der Waals surface area (Å²) in [6.45, 7) is 4.56. The molecule has 0 spiro atoms. The molecule has 0 aliphatic carbocycles. The van der Waals surface area contributed by atoms with E-state index in [9.17, 15) is 9.59 Å². The summed E-state index contributed by atoms with van der Waals surface area (Å²) < 4.78 is 8.71. The fraction of sp³-hybridized carbons (Fsp3) is 0.500. The second-order valence-electron chi connectivity index (χ2n) is 6.55. The lowest BCUT2D eigenvalue weighted by Gasteiger charge is -2.17. The first-order valence-corrected chi connectivity index (χ1v) is 8.57. The Labute approximate surface area is 146 Å². The minimum atomic E-state index is -0.140. The standard InChI is InChI=1S/C18H24N4O3/c1-12-5-4-6-15(13(12)2)25-11-17(23)19-14-7-8-16-20-21(3)18(24)22(16)10-9-14/h4-6,14H,7-11H2,1-3H3,(H,19,23). The minimum Gasteiger partial charge on any atom is -0.483 e. The summed E-state index contributed by atoms with van der Waals surface area (Å²) in [6, 6.07) is 5.83. The number of fused-ring (bicyclic) bond motifs is 1. The number of hydrogen-bond donors (Lipinski definition) is 1. The third-order valence-electron chi connectivity index (χ3n) is 4.78. The monoisotopic (exact) mass is 344 g/mol. The summed E-state index contributed by atoms with van der Waals surface area (Å²) in [4.78, 5) is 24.2. The number of aromatic nitrogens is 3. The third kappa shape index (κ3) is 3.75. The van der Waals surface area contributed by atoms with Crippen LogP contribution in [0.5, 0.6) is 5.75 Å². The van der Waals surface area contributed by atoms with E-state index in [1.165, 1.54) is 4.68 Å². The largest absolute Gasteiger partial charge is 0.483 e. The van der Waals surface area contributed by atoms with Gasteiger partial charge in [-0.05, 0) is 43.9 Å². The molecule has 1 aromatic carbocycles. The van der Waals surface area contributed by atoms with Crippen molar-refractivity contribution in [1.29, 1.82) is 0 Å². The fourth-order valence-corrected chi connectivity index (χ4v) is 3.13. The van der Waals surface area contributed by atoms with Gasteiger partial charge in [-0.25, -0.2) is 9.48 Å². The molecule has 1 aliphatic heterocycles. The van der Waals surface area contributed by atoms with Gasteiger partial charge in [0.2, 0.25) is 0 Å². The lowest BCUT2D eigenvalue weighted by Crippen LogP contribution is -2.38. The maximum atomic E-state index is 12.2. The highest BCUT2D eigenvalue weighted by atomic mass is 16.5. The third-order valence-corrected chi connectivity index (χ3v) is 4.78. The Morgan fingerprint density at radius 1 is 1.36 bits per heavy atom. The lowest BCUT2D eigenvalue weighted by molar-refractivity contribution is -0.123. The first-order valence-electron chi connectivity index (χ1n) is 8.57. The second-order valence-corrected chi connectivity index (χ2v) is 6.55. The number of benzene rings is 1. The van der Waals surface area contributed by atoms with Crippen LogP contribution >= 0.6 is 0 Å². The number of amides is 1. The van der Waals surface area contributed by atoms with E-state index in [1.807, 2.05) is 32.0 Å². The van der Waals surface area contributed by atoms with Gasteiger partial charge < -0.3 is 10.1 Å². The lowest BCUT2D eigenvalue weighted by atomic mass is 10.1. The molecular weight excluding hydrogens is 320 g/mol. The molecule has 1 aliphatic rings. The Kier molecular flexibility index (Phi) is 4.92. The van der Waals surface area contributed by atoms with Crippen LogP contribution < -0.4 is 15.7 Å². The maximum absolute atomic E-state index is 12.2. The SMILES string of the molecule is Cc1cccc(OCC(=O)NC2CCc3nn(C)c(=O)n3CC2)c1C. The Bertz CT molecular complexity index is 837. The molecule has 7 nitrogen and oxygen atoms in total. The van der Waals surface area contributed by atoms with Crippen molar-refractivity contribution in [2.24, 2.45) is 7.05 Å². The van der Waals surface area contributed by atoms with Crippen LogP contribution in [0.4, 0.5) is 0 Å². The van der Waals surface area contributed by atoms with Crippen molar-refractivity contribution < 1.29 is 9.53 Å². The van der Waals surface area contributed by atoms with E-state index >= 15 is 0 Å². The van der Waals surface area contributed by atoms with Gasteiger partial charge in [-0.15, -0.1) is 0 Å². The van der Waals surface area contributed by atoms with Crippen molar-refractivity contribution in [3.63, 3.8) is 0 Å². The van der Waals surface area contributed by atoms with E-state index in [1.54, 1.807) is 11.6 Å². The average molecular weight is 344 g/mol. The molecule has 7 heteroatoms. The predicted octanol–water partition coefficient (Wildman–Crippen LogP) is 1.10. The van der Waals surface area contributed by atoms with Crippen LogP contribution in [-0.4, -0.2) is 32.9 Å². The molecule has 1 aromatic heterocycles. The molecule has 134 valence electrons. The number of carbonyl (C=O) groups excluding carboxylic acids is 1. The maximum Gasteiger partial charge on any atom is 0.345 e. The predicted molar refractivity (Wildman–Crippen MR) is 93.7 cm³/mol.